The summed E-state index contributed by atoms with van der Waals surface area (Å²) < 4.78 is 7.55. The maximum absolute atomic E-state index is 5.45. The highest BCUT2D eigenvalue weighted by molar-refractivity contribution is 5.78. The number of morpholine rings is 1. The van der Waals surface area contributed by atoms with Crippen LogP contribution in [0.3, 0.4) is 0 Å². The Morgan fingerprint density at radius 3 is 2.62 bits per heavy atom. The summed E-state index contributed by atoms with van der Waals surface area (Å²) >= 11 is 0. The van der Waals surface area contributed by atoms with Crippen LogP contribution >= 0.6 is 0 Å². The minimum Gasteiger partial charge on any atom is -0.378 e. The number of fused-ring (bicyclic) bond motifs is 3. The standard InChI is InChI=1S/C21H22N4O/c1-15-14-20-18-4-2-3-5-19(18)22-21(25(20)23-15)16-6-8-17(9-7-16)24-10-12-26-13-11-24/h2-9,14,21-22H,10-13H2,1H3. The van der Waals surface area contributed by atoms with Crippen LogP contribution in [0.4, 0.5) is 11.4 Å². The van der Waals surface area contributed by atoms with Crippen LogP contribution < -0.4 is 10.2 Å². The van der Waals surface area contributed by atoms with Gasteiger partial charge in [-0.1, -0.05) is 30.3 Å². The summed E-state index contributed by atoms with van der Waals surface area (Å²) in [5, 5.41) is 8.40. The van der Waals surface area contributed by atoms with Crippen molar-refractivity contribution in [1.82, 2.24) is 9.78 Å². The van der Waals surface area contributed by atoms with Crippen molar-refractivity contribution in [2.75, 3.05) is 36.5 Å². The third-order valence-corrected chi connectivity index (χ3v) is 5.18. The molecule has 1 fully saturated rings. The number of aromatic nitrogens is 2. The van der Waals surface area contributed by atoms with Gasteiger partial charge >= 0.3 is 0 Å². The van der Waals surface area contributed by atoms with Crippen LogP contribution in [-0.4, -0.2) is 36.1 Å². The predicted octanol–water partition coefficient (Wildman–Crippen LogP) is 3.67. The maximum Gasteiger partial charge on any atom is 0.147 e. The van der Waals surface area contributed by atoms with Crippen molar-refractivity contribution in [3.05, 3.63) is 65.9 Å². The number of rotatable bonds is 2. The van der Waals surface area contributed by atoms with Crippen molar-refractivity contribution in [1.29, 1.82) is 0 Å². The Balaban J connectivity index is 1.50. The fourth-order valence-electron chi connectivity index (χ4n) is 3.87. The molecule has 5 rings (SSSR count). The molecule has 0 radical (unpaired) electrons. The highest BCUT2D eigenvalue weighted by Gasteiger charge is 2.26. The quantitative estimate of drug-likeness (QED) is 0.769. The zero-order valence-electron chi connectivity index (χ0n) is 14.9. The molecule has 0 saturated carbocycles. The highest BCUT2D eigenvalue weighted by Crippen LogP contribution is 2.38. The Labute approximate surface area is 153 Å². The molecule has 26 heavy (non-hydrogen) atoms. The van der Waals surface area contributed by atoms with Gasteiger partial charge in [0.05, 0.1) is 24.6 Å². The molecule has 2 aliphatic heterocycles. The minimum atomic E-state index is 0.00680. The molecular weight excluding hydrogens is 324 g/mol. The van der Waals surface area contributed by atoms with E-state index in [1.54, 1.807) is 0 Å². The Hall–Kier alpha value is -2.79. The molecule has 0 amide bonds. The zero-order valence-corrected chi connectivity index (χ0v) is 14.9. The third kappa shape index (κ3) is 2.56. The van der Waals surface area contributed by atoms with Gasteiger partial charge < -0.3 is 15.0 Å². The van der Waals surface area contributed by atoms with Gasteiger partial charge in [0.1, 0.15) is 6.17 Å². The molecular formula is C21H22N4O. The molecule has 5 nitrogen and oxygen atoms in total. The summed E-state index contributed by atoms with van der Waals surface area (Å²) in [5.41, 5.74) is 7.02. The molecule has 0 bridgehead atoms. The van der Waals surface area contributed by atoms with E-state index in [0.29, 0.717) is 0 Å². The summed E-state index contributed by atoms with van der Waals surface area (Å²) in [7, 11) is 0. The van der Waals surface area contributed by atoms with Gasteiger partial charge in [0, 0.05) is 30.0 Å². The second-order valence-corrected chi connectivity index (χ2v) is 6.90. The SMILES string of the molecule is Cc1cc2n(n1)C(c1ccc(N3CCOCC3)cc1)Nc1ccccc1-2. The number of hydrogen-bond donors (Lipinski definition) is 1. The number of para-hydroxylation sites is 1. The van der Waals surface area contributed by atoms with Gasteiger partial charge in [0.2, 0.25) is 0 Å². The molecule has 3 aromatic rings. The highest BCUT2D eigenvalue weighted by atomic mass is 16.5. The van der Waals surface area contributed by atoms with Gasteiger partial charge in [-0.3, -0.25) is 0 Å². The first-order valence-corrected chi connectivity index (χ1v) is 9.14. The smallest absolute Gasteiger partial charge is 0.147 e. The van der Waals surface area contributed by atoms with Crippen LogP contribution in [-0.2, 0) is 4.74 Å². The Kier molecular flexibility index (Phi) is 3.68. The number of nitrogens with one attached hydrogen (secondary N) is 1. The van der Waals surface area contributed by atoms with Gasteiger partial charge in [0.15, 0.2) is 0 Å². The summed E-state index contributed by atoms with van der Waals surface area (Å²) in [6.07, 6.45) is 0.00680. The van der Waals surface area contributed by atoms with Crippen LogP contribution in [0.1, 0.15) is 17.4 Å². The van der Waals surface area contributed by atoms with E-state index in [9.17, 15) is 0 Å². The molecule has 2 aromatic carbocycles. The number of nitrogens with zero attached hydrogens (tertiary/aromatic N) is 3. The van der Waals surface area contributed by atoms with Gasteiger partial charge in [0.25, 0.3) is 0 Å². The number of anilines is 2. The molecule has 2 aliphatic rings. The normalized spacial score (nSPS) is 18.8. The van der Waals surface area contributed by atoms with E-state index in [1.807, 2.05) is 6.92 Å². The average Bonchev–Trinajstić information content (AvgIpc) is 3.10. The van der Waals surface area contributed by atoms with Crippen LogP contribution in [0.5, 0.6) is 0 Å². The van der Waals surface area contributed by atoms with E-state index in [-0.39, 0.29) is 6.17 Å². The van der Waals surface area contributed by atoms with E-state index in [0.717, 1.165) is 37.7 Å². The lowest BCUT2D eigenvalue weighted by Crippen LogP contribution is -2.36. The summed E-state index contributed by atoms with van der Waals surface area (Å²) in [4.78, 5) is 2.38. The van der Waals surface area contributed by atoms with E-state index < -0.39 is 0 Å². The zero-order chi connectivity index (χ0) is 17.5. The topological polar surface area (TPSA) is 42.3 Å². The third-order valence-electron chi connectivity index (χ3n) is 5.18. The van der Waals surface area contributed by atoms with Crippen LogP contribution in [0.25, 0.3) is 11.3 Å². The number of aryl methyl sites for hydroxylation is 1. The number of hydrogen-bond acceptors (Lipinski definition) is 4. The van der Waals surface area contributed by atoms with Crippen LogP contribution in [0.2, 0.25) is 0 Å². The molecule has 1 unspecified atom stereocenters. The number of ether oxygens (including phenoxy) is 1. The second kappa shape index (κ2) is 6.18. The Morgan fingerprint density at radius 1 is 1.04 bits per heavy atom. The predicted molar refractivity (Wildman–Crippen MR) is 104 cm³/mol. The van der Waals surface area contributed by atoms with E-state index in [1.165, 1.54) is 22.5 Å². The molecule has 1 atom stereocenters. The van der Waals surface area contributed by atoms with Crippen molar-refractivity contribution in [3.8, 4) is 11.3 Å². The second-order valence-electron chi connectivity index (χ2n) is 6.90. The lowest BCUT2D eigenvalue weighted by molar-refractivity contribution is 0.122. The van der Waals surface area contributed by atoms with Crippen molar-refractivity contribution < 1.29 is 4.74 Å². The first kappa shape index (κ1) is 15.5. The lowest BCUT2D eigenvalue weighted by atomic mass is 10.0. The van der Waals surface area contributed by atoms with Crippen molar-refractivity contribution >= 4 is 11.4 Å². The molecule has 3 heterocycles. The Bertz CT molecular complexity index is 925. The fraction of sp³-hybridized carbons (Fsp3) is 0.286. The van der Waals surface area contributed by atoms with E-state index >= 15 is 0 Å². The monoisotopic (exact) mass is 346 g/mol. The maximum atomic E-state index is 5.45. The van der Waals surface area contributed by atoms with Crippen LogP contribution in [0, 0.1) is 6.92 Å². The van der Waals surface area contributed by atoms with Gasteiger partial charge in [-0.2, -0.15) is 5.10 Å². The molecule has 132 valence electrons. The molecule has 5 heteroatoms. The average molecular weight is 346 g/mol. The summed E-state index contributed by atoms with van der Waals surface area (Å²) in [5.74, 6) is 0. The molecule has 1 aromatic heterocycles. The molecule has 1 N–H and O–H groups in total. The van der Waals surface area contributed by atoms with Crippen molar-refractivity contribution in [2.24, 2.45) is 0 Å². The Morgan fingerprint density at radius 2 is 1.81 bits per heavy atom. The molecule has 0 spiro atoms. The van der Waals surface area contributed by atoms with Crippen molar-refractivity contribution in [3.63, 3.8) is 0 Å². The fourth-order valence-corrected chi connectivity index (χ4v) is 3.87. The minimum absolute atomic E-state index is 0.00680. The molecule has 0 aliphatic carbocycles. The first-order chi connectivity index (χ1) is 12.8. The van der Waals surface area contributed by atoms with E-state index in [4.69, 9.17) is 9.84 Å². The first-order valence-electron chi connectivity index (χ1n) is 9.14. The van der Waals surface area contributed by atoms with Crippen LogP contribution in [0.15, 0.2) is 54.6 Å². The van der Waals surface area contributed by atoms with Gasteiger partial charge in [-0.05, 0) is 36.8 Å². The van der Waals surface area contributed by atoms with Crippen molar-refractivity contribution in [2.45, 2.75) is 13.1 Å². The number of benzene rings is 2. The summed E-state index contributed by atoms with van der Waals surface area (Å²) in [6, 6.07) is 19.4. The lowest BCUT2D eigenvalue weighted by Gasteiger charge is -2.31. The van der Waals surface area contributed by atoms with Gasteiger partial charge in [-0.25, -0.2) is 4.68 Å². The van der Waals surface area contributed by atoms with Gasteiger partial charge in [-0.15, -0.1) is 0 Å². The summed E-state index contributed by atoms with van der Waals surface area (Å²) in [6.45, 7) is 5.57. The molecule has 1 saturated heterocycles. The largest absolute Gasteiger partial charge is 0.378 e. The van der Waals surface area contributed by atoms with E-state index in [2.05, 4.69) is 69.5 Å².